The maximum atomic E-state index is 6.23. The van der Waals surface area contributed by atoms with E-state index in [-0.39, 0.29) is 11.6 Å². The Hall–Kier alpha value is -2.51. The van der Waals surface area contributed by atoms with E-state index in [2.05, 4.69) is 77.7 Å². The summed E-state index contributed by atoms with van der Waals surface area (Å²) in [5.41, 5.74) is 3.75. The second kappa shape index (κ2) is 6.83. The summed E-state index contributed by atoms with van der Waals surface area (Å²) in [5, 5.41) is 17.2. The van der Waals surface area contributed by atoms with E-state index in [0.717, 1.165) is 22.8 Å². The maximum Gasteiger partial charge on any atom is 0.179 e. The number of fused-ring (bicyclic) bond motifs is 1. The fourth-order valence-corrected chi connectivity index (χ4v) is 3.87. The molecule has 0 spiro atoms. The van der Waals surface area contributed by atoms with Gasteiger partial charge in [0, 0.05) is 22.0 Å². The normalized spacial score (nSPS) is 16.7. The highest BCUT2D eigenvalue weighted by molar-refractivity contribution is 7.80. The second-order valence-electron chi connectivity index (χ2n) is 7.89. The predicted octanol–water partition coefficient (Wildman–Crippen LogP) is 4.70. The fourth-order valence-electron chi connectivity index (χ4n) is 3.38. The summed E-state index contributed by atoms with van der Waals surface area (Å²) in [6.07, 6.45) is 0. The highest BCUT2D eigenvalue weighted by Gasteiger charge is 2.38. The number of hydrogen-bond acceptors (Lipinski definition) is 4. The van der Waals surface area contributed by atoms with Crippen molar-refractivity contribution < 1.29 is 0 Å². The van der Waals surface area contributed by atoms with Gasteiger partial charge in [0.25, 0.3) is 0 Å². The zero-order chi connectivity index (χ0) is 20.1. The third kappa shape index (κ3) is 3.25. The molecule has 144 valence electrons. The van der Waals surface area contributed by atoms with Gasteiger partial charge in [-0.15, -0.1) is 5.10 Å². The standard InChI is InChI=1S/C20H21ClN6S/c1-12-5-8-14(9-6-12)26-17(18-23-24-25-27(18)20(2,3)4)15-10-7-13(21)11-16(15)22-19(26)28/h5-11,17H,1-4H3,(H,22,28). The monoisotopic (exact) mass is 412 g/mol. The van der Waals surface area contributed by atoms with Crippen LogP contribution in [-0.2, 0) is 5.54 Å². The lowest BCUT2D eigenvalue weighted by molar-refractivity contribution is 0.331. The van der Waals surface area contributed by atoms with Crippen LogP contribution in [0.5, 0.6) is 0 Å². The van der Waals surface area contributed by atoms with Crippen LogP contribution in [0.15, 0.2) is 42.5 Å². The number of tetrazole rings is 1. The number of nitrogens with zero attached hydrogens (tertiary/aromatic N) is 5. The predicted molar refractivity (Wildman–Crippen MR) is 116 cm³/mol. The number of aryl methyl sites for hydroxylation is 1. The smallest absolute Gasteiger partial charge is 0.179 e. The van der Waals surface area contributed by atoms with Crippen LogP contribution >= 0.6 is 23.8 Å². The molecular weight excluding hydrogens is 392 g/mol. The summed E-state index contributed by atoms with van der Waals surface area (Å²) in [4.78, 5) is 2.05. The Kier molecular flexibility index (Phi) is 4.59. The summed E-state index contributed by atoms with van der Waals surface area (Å²) in [6, 6.07) is 13.7. The molecule has 0 aliphatic carbocycles. The molecule has 1 unspecified atom stereocenters. The van der Waals surface area contributed by atoms with Crippen molar-refractivity contribution in [3.05, 3.63) is 64.4 Å². The van der Waals surface area contributed by atoms with Crippen LogP contribution in [0.3, 0.4) is 0 Å². The zero-order valence-corrected chi connectivity index (χ0v) is 17.7. The first-order chi connectivity index (χ1) is 13.3. The van der Waals surface area contributed by atoms with Crippen molar-refractivity contribution in [1.29, 1.82) is 0 Å². The minimum absolute atomic E-state index is 0.280. The van der Waals surface area contributed by atoms with E-state index in [9.17, 15) is 0 Å². The second-order valence-corrected chi connectivity index (χ2v) is 8.71. The van der Waals surface area contributed by atoms with Gasteiger partial charge in [-0.2, -0.15) is 0 Å². The van der Waals surface area contributed by atoms with Gasteiger partial charge in [-0.05, 0) is 74.6 Å². The van der Waals surface area contributed by atoms with Gasteiger partial charge >= 0.3 is 0 Å². The van der Waals surface area contributed by atoms with Gasteiger partial charge in [-0.1, -0.05) is 35.4 Å². The first-order valence-electron chi connectivity index (χ1n) is 9.01. The van der Waals surface area contributed by atoms with Gasteiger partial charge in [0.1, 0.15) is 6.04 Å². The lowest BCUT2D eigenvalue weighted by Gasteiger charge is -2.39. The third-order valence-electron chi connectivity index (χ3n) is 4.71. The van der Waals surface area contributed by atoms with Crippen LogP contribution in [0, 0.1) is 6.92 Å². The SMILES string of the molecule is Cc1ccc(N2C(=S)Nc3cc(Cl)ccc3C2c2nnnn2C(C)(C)C)cc1. The fraction of sp³-hybridized carbons (Fsp3) is 0.300. The lowest BCUT2D eigenvalue weighted by Crippen LogP contribution is -2.44. The molecule has 1 aliphatic rings. The van der Waals surface area contributed by atoms with E-state index in [1.165, 1.54) is 5.56 Å². The summed E-state index contributed by atoms with van der Waals surface area (Å²) < 4.78 is 1.85. The highest BCUT2D eigenvalue weighted by Crippen LogP contribution is 2.41. The minimum Gasteiger partial charge on any atom is -0.332 e. The molecule has 8 heteroatoms. The average molecular weight is 413 g/mol. The van der Waals surface area contributed by atoms with E-state index in [4.69, 9.17) is 23.8 Å². The molecule has 0 saturated heterocycles. The van der Waals surface area contributed by atoms with E-state index in [0.29, 0.717) is 10.1 Å². The van der Waals surface area contributed by atoms with Crippen molar-refractivity contribution in [3.63, 3.8) is 0 Å². The van der Waals surface area contributed by atoms with Gasteiger partial charge in [0.2, 0.25) is 0 Å². The highest BCUT2D eigenvalue weighted by atomic mass is 35.5. The van der Waals surface area contributed by atoms with Crippen molar-refractivity contribution >= 4 is 40.3 Å². The molecule has 1 N–H and O–H groups in total. The van der Waals surface area contributed by atoms with Crippen molar-refractivity contribution in [2.45, 2.75) is 39.3 Å². The topological polar surface area (TPSA) is 58.9 Å². The molecule has 0 fully saturated rings. The Bertz CT molecular complexity index is 1040. The number of halogens is 1. The van der Waals surface area contributed by atoms with Crippen LogP contribution in [0.2, 0.25) is 5.02 Å². The molecule has 1 aromatic heterocycles. The zero-order valence-electron chi connectivity index (χ0n) is 16.1. The Morgan fingerprint density at radius 3 is 2.50 bits per heavy atom. The molecule has 3 aromatic rings. The molecular formula is C20H21ClN6S. The molecule has 0 radical (unpaired) electrons. The largest absolute Gasteiger partial charge is 0.332 e. The third-order valence-corrected chi connectivity index (χ3v) is 5.25. The first-order valence-corrected chi connectivity index (χ1v) is 9.79. The van der Waals surface area contributed by atoms with Crippen LogP contribution < -0.4 is 10.2 Å². The number of rotatable bonds is 2. The summed E-state index contributed by atoms with van der Waals surface area (Å²) >= 11 is 12.0. The van der Waals surface area contributed by atoms with Crippen LogP contribution in [0.25, 0.3) is 0 Å². The number of thiocarbonyl (C=S) groups is 1. The van der Waals surface area contributed by atoms with Crippen molar-refractivity contribution in [2.75, 3.05) is 10.2 Å². The molecule has 28 heavy (non-hydrogen) atoms. The number of hydrogen-bond donors (Lipinski definition) is 1. The summed E-state index contributed by atoms with van der Waals surface area (Å²) in [5.74, 6) is 0.723. The van der Waals surface area contributed by atoms with Gasteiger partial charge in [-0.3, -0.25) is 0 Å². The molecule has 1 aliphatic heterocycles. The van der Waals surface area contributed by atoms with Crippen LogP contribution in [0.1, 0.15) is 43.8 Å². The number of nitrogens with one attached hydrogen (secondary N) is 1. The molecule has 0 saturated carbocycles. The number of benzene rings is 2. The van der Waals surface area contributed by atoms with Gasteiger partial charge in [0.05, 0.1) is 5.54 Å². The molecule has 2 aromatic carbocycles. The Morgan fingerprint density at radius 2 is 1.82 bits per heavy atom. The summed E-state index contributed by atoms with van der Waals surface area (Å²) in [6.45, 7) is 8.28. The van der Waals surface area contributed by atoms with E-state index in [1.54, 1.807) is 0 Å². The van der Waals surface area contributed by atoms with Gasteiger partial charge in [-0.25, -0.2) is 4.68 Å². The molecule has 4 rings (SSSR count). The quantitative estimate of drug-likeness (QED) is 0.616. The van der Waals surface area contributed by atoms with Gasteiger partial charge < -0.3 is 10.2 Å². The van der Waals surface area contributed by atoms with E-state index < -0.39 is 0 Å². The van der Waals surface area contributed by atoms with Crippen molar-refractivity contribution in [2.24, 2.45) is 0 Å². The Labute approximate surface area is 174 Å². The average Bonchev–Trinajstić information content (AvgIpc) is 3.11. The van der Waals surface area contributed by atoms with Crippen molar-refractivity contribution in [1.82, 2.24) is 20.2 Å². The van der Waals surface area contributed by atoms with E-state index in [1.807, 2.05) is 22.9 Å². The number of aromatic nitrogens is 4. The van der Waals surface area contributed by atoms with Gasteiger partial charge in [0.15, 0.2) is 10.9 Å². The molecule has 0 bridgehead atoms. The maximum absolute atomic E-state index is 6.23. The minimum atomic E-state index is -0.281. The molecule has 1 atom stereocenters. The number of anilines is 2. The lowest BCUT2D eigenvalue weighted by atomic mass is 9.98. The van der Waals surface area contributed by atoms with Crippen molar-refractivity contribution in [3.8, 4) is 0 Å². The molecule has 0 amide bonds. The molecule has 2 heterocycles. The summed E-state index contributed by atoms with van der Waals surface area (Å²) in [7, 11) is 0. The van der Waals surface area contributed by atoms with Crippen LogP contribution in [-0.4, -0.2) is 25.3 Å². The Balaban J connectivity index is 1.95. The first kappa shape index (κ1) is 18.8. The Morgan fingerprint density at radius 1 is 1.11 bits per heavy atom. The molecule has 6 nitrogen and oxygen atoms in total. The van der Waals surface area contributed by atoms with E-state index >= 15 is 0 Å². The van der Waals surface area contributed by atoms with Crippen LogP contribution in [0.4, 0.5) is 11.4 Å².